The molecule has 1 rings (SSSR count). The summed E-state index contributed by atoms with van der Waals surface area (Å²) in [5, 5.41) is 9.56. The molecule has 0 saturated heterocycles. The number of methoxy groups -OCH3 is 1. The highest BCUT2D eigenvalue weighted by Gasteiger charge is 2.22. The molecule has 0 heterocycles. The fraction of sp³-hybridized carbons (Fsp3) is 0.385. The minimum Gasteiger partial charge on any atom is -0.504 e. The van der Waals surface area contributed by atoms with Crippen LogP contribution in [0.5, 0.6) is 11.5 Å². The van der Waals surface area contributed by atoms with Crippen LogP contribution in [0.4, 0.5) is 0 Å². The maximum Gasteiger partial charge on any atom is 0.177 e. The van der Waals surface area contributed by atoms with E-state index >= 15 is 0 Å². The third kappa shape index (κ3) is 4.68. The summed E-state index contributed by atoms with van der Waals surface area (Å²) in [7, 11) is -0.562. The molecule has 0 unspecified atom stereocenters. The molecule has 1 aromatic carbocycles. The van der Waals surface area contributed by atoms with Crippen LogP contribution in [0.1, 0.15) is 5.56 Å². The van der Waals surface area contributed by atoms with Crippen molar-refractivity contribution in [3.8, 4) is 11.5 Å². The van der Waals surface area contributed by atoms with E-state index in [0.29, 0.717) is 5.75 Å². The first-order valence-electron chi connectivity index (χ1n) is 6.09. The number of phenols is 1. The van der Waals surface area contributed by atoms with Crippen molar-refractivity contribution in [2.45, 2.75) is 25.2 Å². The number of hydrogen-bond donors (Lipinski definition) is 1. The van der Waals surface area contributed by atoms with Crippen LogP contribution in [0.25, 0.3) is 0 Å². The molecular weight excluding hydrogens is 260 g/mol. The van der Waals surface area contributed by atoms with Gasteiger partial charge in [0.2, 0.25) is 0 Å². The van der Waals surface area contributed by atoms with Crippen molar-refractivity contribution in [3.05, 3.63) is 36.4 Å². The van der Waals surface area contributed by atoms with Crippen LogP contribution in [0, 0.1) is 0 Å². The number of benzene rings is 1. The molecule has 0 aromatic heterocycles. The molecule has 0 atom stereocenters. The lowest BCUT2D eigenvalue weighted by Crippen LogP contribution is -2.35. The van der Waals surface area contributed by atoms with Gasteiger partial charge in [-0.3, -0.25) is 0 Å². The van der Waals surface area contributed by atoms with Gasteiger partial charge in [-0.25, -0.2) is 0 Å². The lowest BCUT2D eigenvalue weighted by molar-refractivity contribution is 0.373. The largest absolute Gasteiger partial charge is 0.504 e. The predicted molar refractivity (Wildman–Crippen MR) is 80.5 cm³/mol. The first-order chi connectivity index (χ1) is 8.48. The molecule has 0 aliphatic carbocycles. The predicted octanol–water partition coefficient (Wildman–Crippen LogP) is 2.39. The molecule has 18 heavy (non-hydrogen) atoms. The summed E-state index contributed by atoms with van der Waals surface area (Å²) in [6, 6.07) is 7.47. The van der Waals surface area contributed by atoms with E-state index in [1.165, 1.54) is 0 Å². The van der Waals surface area contributed by atoms with E-state index < -0.39 is 18.1 Å². The molecule has 0 aliphatic rings. The Morgan fingerprint density at radius 1 is 1.44 bits per heavy atom. The van der Waals surface area contributed by atoms with Crippen molar-refractivity contribution in [2.24, 2.45) is 0 Å². The number of allylic oxidation sites excluding steroid dienone is 1. The molecule has 0 amide bonds. The second kappa shape index (κ2) is 6.77. The van der Waals surface area contributed by atoms with E-state index in [2.05, 4.69) is 19.7 Å². The molecule has 0 saturated carbocycles. The zero-order valence-corrected chi connectivity index (χ0v) is 13.8. The van der Waals surface area contributed by atoms with E-state index in [9.17, 15) is 5.11 Å². The Morgan fingerprint density at radius 3 is 2.78 bits per heavy atom. The standard InChI is InChI=1S/C13H22O3Si2/c1-5-8-17-16-18(3,4)10-11-6-7-12(14)13(9-11)15-2/h5-7,9,14H,1,8,10,17H2,2-4H3. The smallest absolute Gasteiger partial charge is 0.177 e. The van der Waals surface area contributed by atoms with Gasteiger partial charge in [0.05, 0.1) is 7.11 Å². The Labute approximate surface area is 113 Å². The summed E-state index contributed by atoms with van der Waals surface area (Å²) < 4.78 is 11.2. The molecule has 0 radical (unpaired) electrons. The van der Waals surface area contributed by atoms with Crippen molar-refractivity contribution >= 4 is 18.1 Å². The Bertz CT molecular complexity index is 405. The van der Waals surface area contributed by atoms with Gasteiger partial charge in [-0.05, 0) is 42.9 Å². The molecule has 1 N–H and O–H groups in total. The molecule has 5 heteroatoms. The zero-order valence-electron chi connectivity index (χ0n) is 11.4. The van der Waals surface area contributed by atoms with Gasteiger partial charge in [0.15, 0.2) is 19.8 Å². The second-order valence-corrected chi connectivity index (χ2v) is 10.9. The number of rotatable bonds is 7. The third-order valence-electron chi connectivity index (χ3n) is 2.69. The number of aromatic hydroxyl groups is 1. The summed E-state index contributed by atoms with van der Waals surface area (Å²) in [6.07, 6.45) is 1.93. The van der Waals surface area contributed by atoms with Gasteiger partial charge < -0.3 is 14.0 Å². The first kappa shape index (κ1) is 15.0. The molecule has 1 aromatic rings. The maximum absolute atomic E-state index is 9.56. The number of ether oxygens (including phenoxy) is 1. The highest BCUT2D eigenvalue weighted by molar-refractivity contribution is 6.74. The van der Waals surface area contributed by atoms with Crippen LogP contribution in [0.15, 0.2) is 30.9 Å². The van der Waals surface area contributed by atoms with Gasteiger partial charge in [0, 0.05) is 0 Å². The van der Waals surface area contributed by atoms with Gasteiger partial charge in [0.25, 0.3) is 0 Å². The van der Waals surface area contributed by atoms with Crippen LogP contribution in [0.2, 0.25) is 19.1 Å². The third-order valence-corrected chi connectivity index (χ3v) is 8.53. The summed E-state index contributed by atoms with van der Waals surface area (Å²) in [4.78, 5) is 0. The van der Waals surface area contributed by atoms with E-state index in [4.69, 9.17) is 8.85 Å². The van der Waals surface area contributed by atoms with Crippen molar-refractivity contribution in [3.63, 3.8) is 0 Å². The van der Waals surface area contributed by atoms with Crippen molar-refractivity contribution in [2.75, 3.05) is 7.11 Å². The van der Waals surface area contributed by atoms with Crippen LogP contribution < -0.4 is 4.74 Å². The molecule has 0 aliphatic heterocycles. The van der Waals surface area contributed by atoms with Gasteiger partial charge in [-0.2, -0.15) is 0 Å². The SMILES string of the molecule is C=CC[SiH2]O[Si](C)(C)Cc1ccc(O)c(OC)c1. The molecule has 0 spiro atoms. The second-order valence-electron chi connectivity index (χ2n) is 4.87. The fourth-order valence-electron chi connectivity index (χ4n) is 1.79. The maximum atomic E-state index is 9.56. The van der Waals surface area contributed by atoms with Gasteiger partial charge in [-0.15, -0.1) is 6.58 Å². The van der Waals surface area contributed by atoms with Crippen LogP contribution in [-0.4, -0.2) is 30.3 Å². The number of phenolic OH excluding ortho intramolecular Hbond substituents is 1. The monoisotopic (exact) mass is 282 g/mol. The summed E-state index contributed by atoms with van der Waals surface area (Å²) in [5.41, 5.74) is 1.16. The van der Waals surface area contributed by atoms with E-state index in [1.807, 2.05) is 18.2 Å². The Balaban J connectivity index is 2.67. The average Bonchev–Trinajstić information content (AvgIpc) is 2.31. The molecule has 0 bridgehead atoms. The van der Waals surface area contributed by atoms with Crippen molar-refractivity contribution < 1.29 is 14.0 Å². The van der Waals surface area contributed by atoms with E-state index in [0.717, 1.165) is 17.7 Å². The molecular formula is C13H22O3Si2. The van der Waals surface area contributed by atoms with Crippen molar-refractivity contribution in [1.29, 1.82) is 0 Å². The number of hydrogen-bond acceptors (Lipinski definition) is 3. The lowest BCUT2D eigenvalue weighted by Gasteiger charge is -2.23. The highest BCUT2D eigenvalue weighted by Crippen LogP contribution is 2.27. The minimum absolute atomic E-state index is 0.183. The van der Waals surface area contributed by atoms with Crippen LogP contribution >= 0.6 is 0 Å². The van der Waals surface area contributed by atoms with Gasteiger partial charge >= 0.3 is 0 Å². The molecule has 0 fully saturated rings. The quantitative estimate of drug-likeness (QED) is 0.474. The lowest BCUT2D eigenvalue weighted by atomic mass is 10.2. The minimum atomic E-state index is -1.66. The van der Waals surface area contributed by atoms with Gasteiger partial charge in [-0.1, -0.05) is 12.1 Å². The van der Waals surface area contributed by atoms with Gasteiger partial charge in [0.1, 0.15) is 9.76 Å². The highest BCUT2D eigenvalue weighted by atomic mass is 28.4. The Morgan fingerprint density at radius 2 is 2.17 bits per heavy atom. The van der Waals surface area contributed by atoms with Crippen LogP contribution in [-0.2, 0) is 10.2 Å². The topological polar surface area (TPSA) is 38.7 Å². The first-order valence-corrected chi connectivity index (χ1v) is 10.8. The zero-order chi connectivity index (χ0) is 13.6. The van der Waals surface area contributed by atoms with E-state index in [-0.39, 0.29) is 5.75 Å². The Kier molecular flexibility index (Phi) is 5.65. The fourth-order valence-corrected chi connectivity index (χ4v) is 6.25. The molecule has 100 valence electrons. The van der Waals surface area contributed by atoms with Crippen molar-refractivity contribution in [1.82, 2.24) is 0 Å². The molecule has 3 nitrogen and oxygen atoms in total. The summed E-state index contributed by atoms with van der Waals surface area (Å²) in [6.45, 7) is 8.17. The average molecular weight is 282 g/mol. The normalized spacial score (nSPS) is 11.9. The summed E-state index contributed by atoms with van der Waals surface area (Å²) >= 11 is 0. The van der Waals surface area contributed by atoms with Crippen LogP contribution in [0.3, 0.4) is 0 Å². The summed E-state index contributed by atoms with van der Waals surface area (Å²) in [5.74, 6) is 0.711. The van der Waals surface area contributed by atoms with E-state index in [1.54, 1.807) is 13.2 Å². The Hall–Kier alpha value is -1.05.